The number of nitrogens with one attached hydrogen (secondary N) is 1. The van der Waals surface area contributed by atoms with Gasteiger partial charge in [0.1, 0.15) is 5.75 Å². The molecule has 0 fully saturated rings. The van der Waals surface area contributed by atoms with Crippen molar-refractivity contribution in [2.75, 3.05) is 13.7 Å². The number of methoxy groups -OCH3 is 1. The number of hydrogen-bond acceptors (Lipinski definition) is 3. The van der Waals surface area contributed by atoms with Crippen molar-refractivity contribution in [1.29, 1.82) is 0 Å². The quantitative estimate of drug-likeness (QED) is 0.399. The molecule has 1 heterocycles. The van der Waals surface area contributed by atoms with Crippen molar-refractivity contribution in [2.24, 2.45) is 0 Å². The highest BCUT2D eigenvalue weighted by atomic mass is 16.5. The van der Waals surface area contributed by atoms with Gasteiger partial charge in [-0.2, -0.15) is 0 Å². The first kappa shape index (κ1) is 21.6. The fraction of sp³-hybridized carbons (Fsp3) is 0.259. The Balaban J connectivity index is 1.64. The van der Waals surface area contributed by atoms with E-state index >= 15 is 0 Å². The summed E-state index contributed by atoms with van der Waals surface area (Å²) in [4.78, 5) is 22.8. The highest BCUT2D eigenvalue weighted by Gasteiger charge is 2.18. The summed E-state index contributed by atoms with van der Waals surface area (Å²) in [5.41, 5.74) is 8.21. The van der Waals surface area contributed by atoms with Gasteiger partial charge in [0.25, 0.3) is 5.91 Å². The lowest BCUT2D eigenvalue weighted by atomic mass is 9.98. The van der Waals surface area contributed by atoms with E-state index in [9.17, 15) is 4.79 Å². The van der Waals surface area contributed by atoms with Crippen molar-refractivity contribution in [3.05, 3.63) is 83.2 Å². The number of benzene rings is 3. The lowest BCUT2D eigenvalue weighted by Crippen LogP contribution is -2.31. The molecule has 4 rings (SSSR count). The fourth-order valence-electron chi connectivity index (χ4n) is 4.00. The number of hydrogen-bond donors (Lipinski definition) is 1. The van der Waals surface area contributed by atoms with Gasteiger partial charge in [0, 0.05) is 18.7 Å². The number of carbonyl (C=O) groups excluding carboxylic acids is 1. The van der Waals surface area contributed by atoms with Crippen molar-refractivity contribution in [1.82, 2.24) is 14.9 Å². The first-order chi connectivity index (χ1) is 15.5. The Morgan fingerprint density at radius 2 is 1.75 bits per heavy atom. The molecule has 0 bridgehead atoms. The second-order valence-corrected chi connectivity index (χ2v) is 8.19. The standard InChI is InChI=1S/C27H29N3O2/c1-5-12-30(27(31)22-9-7-19(3)26(15-22)32-4)16-23-13-20(8-6-18(23)2)21-10-11-24-25(14-21)29-17-28-24/h6-11,13-15,17H,5,12,16H2,1-4H3,(H,28,29). The summed E-state index contributed by atoms with van der Waals surface area (Å²) >= 11 is 0. The molecule has 0 aliphatic carbocycles. The number of imidazole rings is 1. The molecule has 1 N–H and O–H groups in total. The monoisotopic (exact) mass is 427 g/mol. The number of amides is 1. The zero-order valence-corrected chi connectivity index (χ0v) is 19.1. The lowest BCUT2D eigenvalue weighted by molar-refractivity contribution is 0.0742. The molecule has 164 valence electrons. The summed E-state index contributed by atoms with van der Waals surface area (Å²) in [5.74, 6) is 0.758. The molecule has 3 aromatic carbocycles. The second-order valence-electron chi connectivity index (χ2n) is 8.19. The van der Waals surface area contributed by atoms with Crippen LogP contribution in [-0.4, -0.2) is 34.4 Å². The van der Waals surface area contributed by atoms with Crippen LogP contribution in [0.4, 0.5) is 0 Å². The van der Waals surface area contributed by atoms with Gasteiger partial charge in [-0.05, 0) is 78.4 Å². The molecule has 32 heavy (non-hydrogen) atoms. The van der Waals surface area contributed by atoms with E-state index in [1.54, 1.807) is 13.4 Å². The van der Waals surface area contributed by atoms with Crippen LogP contribution >= 0.6 is 0 Å². The number of ether oxygens (including phenoxy) is 1. The number of carbonyl (C=O) groups is 1. The third-order valence-corrected chi connectivity index (χ3v) is 5.90. The van der Waals surface area contributed by atoms with Crippen LogP contribution in [-0.2, 0) is 6.54 Å². The molecule has 0 unspecified atom stereocenters. The van der Waals surface area contributed by atoms with Crippen LogP contribution in [0, 0.1) is 13.8 Å². The Labute approximate surface area is 189 Å². The van der Waals surface area contributed by atoms with E-state index in [0.29, 0.717) is 18.7 Å². The van der Waals surface area contributed by atoms with Gasteiger partial charge in [-0.1, -0.05) is 31.2 Å². The normalized spacial score (nSPS) is 11.0. The summed E-state index contributed by atoms with van der Waals surface area (Å²) in [6.07, 6.45) is 2.60. The number of fused-ring (bicyclic) bond motifs is 1. The Hall–Kier alpha value is -3.60. The van der Waals surface area contributed by atoms with E-state index < -0.39 is 0 Å². The summed E-state index contributed by atoms with van der Waals surface area (Å²) in [5, 5.41) is 0. The predicted octanol–water partition coefficient (Wildman–Crippen LogP) is 5.91. The van der Waals surface area contributed by atoms with Crippen LogP contribution in [0.1, 0.15) is 40.4 Å². The smallest absolute Gasteiger partial charge is 0.254 e. The first-order valence-corrected chi connectivity index (χ1v) is 11.0. The van der Waals surface area contributed by atoms with Crippen molar-refractivity contribution < 1.29 is 9.53 Å². The lowest BCUT2D eigenvalue weighted by Gasteiger charge is -2.24. The molecule has 1 aromatic heterocycles. The molecule has 0 saturated heterocycles. The number of aryl methyl sites for hydroxylation is 2. The van der Waals surface area contributed by atoms with Crippen LogP contribution < -0.4 is 4.74 Å². The highest BCUT2D eigenvalue weighted by Crippen LogP contribution is 2.27. The molecular weight excluding hydrogens is 398 g/mol. The maximum absolute atomic E-state index is 13.4. The largest absolute Gasteiger partial charge is 0.496 e. The van der Waals surface area contributed by atoms with E-state index in [1.807, 2.05) is 36.1 Å². The van der Waals surface area contributed by atoms with E-state index in [1.165, 1.54) is 5.56 Å². The molecule has 5 nitrogen and oxygen atoms in total. The fourth-order valence-corrected chi connectivity index (χ4v) is 4.00. The van der Waals surface area contributed by atoms with Gasteiger partial charge in [0.05, 0.1) is 24.5 Å². The van der Waals surface area contributed by atoms with Gasteiger partial charge in [-0.15, -0.1) is 0 Å². The van der Waals surface area contributed by atoms with Crippen molar-refractivity contribution in [3.8, 4) is 16.9 Å². The van der Waals surface area contributed by atoms with Crippen LogP contribution in [0.3, 0.4) is 0 Å². The topological polar surface area (TPSA) is 58.2 Å². The third-order valence-electron chi connectivity index (χ3n) is 5.90. The summed E-state index contributed by atoms with van der Waals surface area (Å²) in [7, 11) is 1.63. The van der Waals surface area contributed by atoms with Crippen LogP contribution in [0.15, 0.2) is 60.9 Å². The van der Waals surface area contributed by atoms with Gasteiger partial charge < -0.3 is 14.6 Å². The molecule has 0 aliphatic rings. The Morgan fingerprint density at radius 3 is 2.53 bits per heavy atom. The third kappa shape index (κ3) is 4.37. The average Bonchev–Trinajstić information content (AvgIpc) is 3.28. The number of aromatic nitrogens is 2. The molecule has 5 heteroatoms. The first-order valence-electron chi connectivity index (χ1n) is 11.0. The molecule has 4 aromatic rings. The number of H-pyrrole nitrogens is 1. The van der Waals surface area contributed by atoms with Crippen molar-refractivity contribution >= 4 is 16.9 Å². The average molecular weight is 428 g/mol. The predicted molar refractivity (Wildman–Crippen MR) is 129 cm³/mol. The van der Waals surface area contributed by atoms with E-state index in [0.717, 1.165) is 45.5 Å². The highest BCUT2D eigenvalue weighted by molar-refractivity contribution is 5.94. The van der Waals surface area contributed by atoms with Gasteiger partial charge in [0.15, 0.2) is 0 Å². The zero-order chi connectivity index (χ0) is 22.7. The zero-order valence-electron chi connectivity index (χ0n) is 19.1. The summed E-state index contributed by atoms with van der Waals surface area (Å²) in [6.45, 7) is 7.43. The molecule has 0 radical (unpaired) electrons. The van der Waals surface area contributed by atoms with Gasteiger partial charge in [-0.3, -0.25) is 4.79 Å². The number of aromatic amines is 1. The second kappa shape index (κ2) is 9.27. The van der Waals surface area contributed by atoms with Crippen LogP contribution in [0.2, 0.25) is 0 Å². The van der Waals surface area contributed by atoms with Crippen LogP contribution in [0.25, 0.3) is 22.2 Å². The molecular formula is C27H29N3O2. The molecule has 0 saturated carbocycles. The minimum Gasteiger partial charge on any atom is -0.496 e. The molecule has 1 amide bonds. The van der Waals surface area contributed by atoms with Crippen LogP contribution in [0.5, 0.6) is 5.75 Å². The Bertz CT molecular complexity index is 1260. The molecule has 0 spiro atoms. The molecule has 0 atom stereocenters. The van der Waals surface area contributed by atoms with Crippen molar-refractivity contribution in [2.45, 2.75) is 33.7 Å². The SMILES string of the molecule is CCCN(Cc1cc(-c2ccc3nc[nH]c3c2)ccc1C)C(=O)c1ccc(C)c(OC)c1. The van der Waals surface area contributed by atoms with Crippen molar-refractivity contribution in [3.63, 3.8) is 0 Å². The summed E-state index contributed by atoms with van der Waals surface area (Å²) < 4.78 is 5.42. The Morgan fingerprint density at radius 1 is 1.00 bits per heavy atom. The van der Waals surface area contributed by atoms with E-state index in [4.69, 9.17) is 4.74 Å². The minimum absolute atomic E-state index is 0.0221. The molecule has 0 aliphatic heterocycles. The Kier molecular flexibility index (Phi) is 6.26. The van der Waals surface area contributed by atoms with Gasteiger partial charge >= 0.3 is 0 Å². The maximum atomic E-state index is 13.4. The van der Waals surface area contributed by atoms with Gasteiger partial charge in [-0.25, -0.2) is 4.98 Å². The number of nitrogens with zero attached hydrogens (tertiary/aromatic N) is 2. The number of rotatable bonds is 7. The van der Waals surface area contributed by atoms with Gasteiger partial charge in [0.2, 0.25) is 0 Å². The van der Waals surface area contributed by atoms with E-state index in [-0.39, 0.29) is 5.91 Å². The van der Waals surface area contributed by atoms with E-state index in [2.05, 4.69) is 54.1 Å². The summed E-state index contributed by atoms with van der Waals surface area (Å²) in [6, 6.07) is 18.3. The minimum atomic E-state index is 0.0221. The maximum Gasteiger partial charge on any atom is 0.254 e.